The van der Waals surface area contributed by atoms with Crippen molar-refractivity contribution in [1.82, 2.24) is 14.5 Å². The van der Waals surface area contributed by atoms with E-state index >= 15 is 0 Å². The number of nitrogens with one attached hydrogen (secondary N) is 1. The predicted molar refractivity (Wildman–Crippen MR) is 85.1 cm³/mol. The Labute approximate surface area is 138 Å². The van der Waals surface area contributed by atoms with E-state index in [0.717, 1.165) is 10.7 Å². The third-order valence-electron chi connectivity index (χ3n) is 3.75. The molecule has 0 radical (unpaired) electrons. The van der Waals surface area contributed by atoms with Crippen molar-refractivity contribution in [2.45, 2.75) is 0 Å². The molecule has 0 bridgehead atoms. The summed E-state index contributed by atoms with van der Waals surface area (Å²) in [5.74, 6) is -3.56. The normalized spacial score (nSPS) is 11.1. The average Bonchev–Trinajstić information content (AvgIpc) is 2.90. The summed E-state index contributed by atoms with van der Waals surface area (Å²) in [6.45, 7) is -0.718. The number of aromatic hydroxyl groups is 3. The van der Waals surface area contributed by atoms with Crippen molar-refractivity contribution in [3.8, 4) is 17.2 Å². The van der Waals surface area contributed by atoms with E-state index in [0.29, 0.717) is 5.39 Å². The number of fused-ring (bicyclic) bond motifs is 3. The van der Waals surface area contributed by atoms with Gasteiger partial charge in [0.1, 0.15) is 34.6 Å². The van der Waals surface area contributed by atoms with Gasteiger partial charge in [-0.2, -0.15) is 0 Å². The van der Waals surface area contributed by atoms with Gasteiger partial charge in [-0.1, -0.05) is 0 Å². The number of carbonyl (C=O) groups is 2. The molecule has 2 aromatic heterocycles. The number of hydrogen-bond donors (Lipinski definition) is 5. The molecule has 0 fully saturated rings. The summed E-state index contributed by atoms with van der Waals surface area (Å²) in [6, 6.07) is 3.76. The largest absolute Gasteiger partial charge is 0.508 e. The Morgan fingerprint density at radius 1 is 1.16 bits per heavy atom. The van der Waals surface area contributed by atoms with Crippen molar-refractivity contribution in [2.75, 3.05) is 6.54 Å². The van der Waals surface area contributed by atoms with Crippen LogP contribution in [0.5, 0.6) is 17.2 Å². The van der Waals surface area contributed by atoms with E-state index in [1.807, 2.05) is 5.32 Å². The molecule has 10 heteroatoms. The Bertz CT molecular complexity index is 1110. The van der Waals surface area contributed by atoms with Crippen LogP contribution < -0.4 is 10.9 Å². The van der Waals surface area contributed by atoms with Gasteiger partial charge in [0, 0.05) is 18.5 Å². The first-order valence-electron chi connectivity index (χ1n) is 7.01. The molecule has 0 spiro atoms. The summed E-state index contributed by atoms with van der Waals surface area (Å²) in [6.07, 6.45) is 0. The lowest BCUT2D eigenvalue weighted by molar-refractivity contribution is -0.135. The molecule has 10 nitrogen and oxygen atoms in total. The molecule has 1 aromatic carbocycles. The van der Waals surface area contributed by atoms with Gasteiger partial charge in [-0.15, -0.1) is 0 Å². The quantitative estimate of drug-likeness (QED) is 0.437. The van der Waals surface area contributed by atoms with E-state index in [1.54, 1.807) is 0 Å². The minimum atomic E-state index is -1.31. The monoisotopic (exact) mass is 347 g/mol. The van der Waals surface area contributed by atoms with E-state index in [-0.39, 0.29) is 22.5 Å². The van der Waals surface area contributed by atoms with Crippen LogP contribution >= 0.6 is 0 Å². The summed E-state index contributed by atoms with van der Waals surface area (Å²) in [5, 5.41) is 40.9. The third-order valence-corrected chi connectivity index (χ3v) is 3.75. The molecule has 0 aliphatic heterocycles. The summed E-state index contributed by atoms with van der Waals surface area (Å²) in [7, 11) is 1.31. The van der Waals surface area contributed by atoms with Gasteiger partial charge in [-0.25, -0.2) is 9.20 Å². The van der Waals surface area contributed by atoms with Gasteiger partial charge in [-0.05, 0) is 12.1 Å². The van der Waals surface area contributed by atoms with Gasteiger partial charge < -0.3 is 25.7 Å². The predicted octanol–water partition coefficient (Wildman–Crippen LogP) is -0.278. The third kappa shape index (κ3) is 2.40. The number of benzene rings is 1. The van der Waals surface area contributed by atoms with Crippen molar-refractivity contribution >= 4 is 28.3 Å². The Morgan fingerprint density at radius 3 is 2.48 bits per heavy atom. The van der Waals surface area contributed by atoms with Gasteiger partial charge in [-0.3, -0.25) is 14.4 Å². The fraction of sp³-hybridized carbons (Fsp3) is 0.133. The van der Waals surface area contributed by atoms with Crippen LogP contribution in [0.15, 0.2) is 23.0 Å². The smallest absolute Gasteiger partial charge is 0.322 e. The molecular weight excluding hydrogens is 334 g/mol. The second-order valence-electron chi connectivity index (χ2n) is 5.37. The standard InChI is InChI=1S/C15H13N3O7/c1-17-15(25)11(14(24)16-5-10(21)22)13(23)8-3-6-2-7(19)4-9(20)12(6)18(8)17/h2-4,19-20,23H,5H2,1H3,(H,16,24)(H,21,22). The summed E-state index contributed by atoms with van der Waals surface area (Å²) < 4.78 is 2.18. The topological polar surface area (TPSA) is 154 Å². The number of rotatable bonds is 3. The first kappa shape index (κ1) is 16.2. The van der Waals surface area contributed by atoms with Gasteiger partial charge in [0.05, 0.1) is 0 Å². The summed E-state index contributed by atoms with van der Waals surface area (Å²) in [5.41, 5.74) is -1.33. The van der Waals surface area contributed by atoms with Crippen LogP contribution in [0.2, 0.25) is 0 Å². The summed E-state index contributed by atoms with van der Waals surface area (Å²) in [4.78, 5) is 35.1. The fourth-order valence-electron chi connectivity index (χ4n) is 2.71. The number of aryl methyl sites for hydroxylation is 1. The molecule has 0 aliphatic carbocycles. The van der Waals surface area contributed by atoms with Gasteiger partial charge in [0.15, 0.2) is 5.75 Å². The molecule has 0 aliphatic rings. The molecule has 0 unspecified atom stereocenters. The molecule has 25 heavy (non-hydrogen) atoms. The number of amides is 1. The molecule has 3 rings (SSSR count). The Kier molecular flexibility index (Phi) is 3.52. The number of carboxylic acid groups (broad SMARTS) is 1. The zero-order valence-electron chi connectivity index (χ0n) is 12.8. The van der Waals surface area contributed by atoms with Crippen LogP contribution in [0.1, 0.15) is 10.4 Å². The lowest BCUT2D eigenvalue weighted by Crippen LogP contribution is -2.36. The van der Waals surface area contributed by atoms with Crippen molar-refractivity contribution in [3.05, 3.63) is 34.1 Å². The highest BCUT2D eigenvalue weighted by molar-refractivity contribution is 6.02. The molecule has 0 atom stereocenters. The van der Waals surface area contributed by atoms with Gasteiger partial charge in [0.25, 0.3) is 11.5 Å². The van der Waals surface area contributed by atoms with Crippen LogP contribution in [-0.2, 0) is 11.8 Å². The van der Waals surface area contributed by atoms with Crippen molar-refractivity contribution in [3.63, 3.8) is 0 Å². The maximum absolute atomic E-state index is 12.5. The number of aromatic nitrogens is 2. The number of aliphatic carboxylic acids is 1. The minimum absolute atomic E-state index is 0.0264. The van der Waals surface area contributed by atoms with Crippen molar-refractivity contribution < 1.29 is 30.0 Å². The first-order chi connectivity index (χ1) is 11.7. The average molecular weight is 347 g/mol. The van der Waals surface area contributed by atoms with Crippen LogP contribution in [0.3, 0.4) is 0 Å². The second kappa shape index (κ2) is 5.44. The molecule has 2 heterocycles. The fourth-order valence-corrected chi connectivity index (χ4v) is 2.71. The zero-order chi connectivity index (χ0) is 18.5. The van der Waals surface area contributed by atoms with Crippen molar-refractivity contribution in [1.29, 1.82) is 0 Å². The van der Waals surface area contributed by atoms with E-state index in [4.69, 9.17) is 5.11 Å². The van der Waals surface area contributed by atoms with Crippen LogP contribution in [0.25, 0.3) is 16.4 Å². The molecule has 3 aromatic rings. The molecule has 0 saturated carbocycles. The van der Waals surface area contributed by atoms with E-state index in [2.05, 4.69) is 0 Å². The number of carboxylic acids is 1. The van der Waals surface area contributed by atoms with Crippen LogP contribution in [-0.4, -0.2) is 48.0 Å². The molecular formula is C15H13N3O7. The maximum atomic E-state index is 12.5. The maximum Gasteiger partial charge on any atom is 0.322 e. The molecule has 130 valence electrons. The lowest BCUT2D eigenvalue weighted by atomic mass is 10.2. The zero-order valence-corrected chi connectivity index (χ0v) is 12.8. The minimum Gasteiger partial charge on any atom is -0.508 e. The Morgan fingerprint density at radius 2 is 1.84 bits per heavy atom. The van der Waals surface area contributed by atoms with Gasteiger partial charge in [0.2, 0.25) is 0 Å². The highest BCUT2D eigenvalue weighted by Gasteiger charge is 2.24. The molecule has 1 amide bonds. The highest BCUT2D eigenvalue weighted by Crippen LogP contribution is 2.35. The number of phenolic OH excluding ortho intramolecular Hbond substituents is 2. The Hall–Kier alpha value is -3.69. The Balaban J connectivity index is 2.35. The number of carbonyl (C=O) groups excluding carboxylic acids is 1. The second-order valence-corrected chi connectivity index (χ2v) is 5.37. The van der Waals surface area contributed by atoms with Crippen molar-refractivity contribution in [2.24, 2.45) is 7.05 Å². The first-order valence-corrected chi connectivity index (χ1v) is 7.01. The van der Waals surface area contributed by atoms with E-state index < -0.39 is 35.3 Å². The highest BCUT2D eigenvalue weighted by atomic mass is 16.4. The van der Waals surface area contributed by atoms with E-state index in [1.165, 1.54) is 23.7 Å². The van der Waals surface area contributed by atoms with E-state index in [9.17, 15) is 29.7 Å². The number of hydrogen-bond acceptors (Lipinski definition) is 6. The SMILES string of the molecule is Cn1c(=O)c(C(=O)NCC(=O)O)c(O)c2cc3cc(O)cc(O)c3n21. The lowest BCUT2D eigenvalue weighted by Gasteiger charge is -2.11. The van der Waals surface area contributed by atoms with Crippen LogP contribution in [0.4, 0.5) is 0 Å². The summed E-state index contributed by atoms with van der Waals surface area (Å²) >= 11 is 0. The molecule has 0 saturated heterocycles. The van der Waals surface area contributed by atoms with Crippen LogP contribution in [0, 0.1) is 0 Å². The van der Waals surface area contributed by atoms with Gasteiger partial charge >= 0.3 is 5.97 Å². The molecule has 5 N–H and O–H groups in total. The number of phenols is 2. The number of nitrogens with zero attached hydrogens (tertiary/aromatic N) is 2.